The van der Waals surface area contributed by atoms with E-state index in [1.807, 2.05) is 0 Å². The molecule has 1 fully saturated rings. The van der Waals surface area contributed by atoms with Gasteiger partial charge in [0.05, 0.1) is 27.9 Å². The number of nitrogens with zero attached hydrogens (tertiary/aromatic N) is 1. The molecule has 0 unspecified atom stereocenters. The smallest absolute Gasteiger partial charge is 0.373 e. The fourth-order valence-corrected chi connectivity index (χ4v) is 2.94. The molecule has 0 aliphatic carbocycles. The summed E-state index contributed by atoms with van der Waals surface area (Å²) < 4.78 is 25.5. The Bertz CT molecular complexity index is 1090. The number of carbonyl (C=O) groups is 4. The molecule has 11 nitrogen and oxygen atoms in total. The van der Waals surface area contributed by atoms with Crippen molar-refractivity contribution in [2.24, 2.45) is 0 Å². The van der Waals surface area contributed by atoms with Crippen LogP contribution in [-0.4, -0.2) is 50.1 Å². The maximum atomic E-state index is 12.8. The number of urea groups is 1. The van der Waals surface area contributed by atoms with Gasteiger partial charge in [-0.1, -0.05) is 0 Å². The molecule has 11 heteroatoms. The monoisotopic (exact) mass is 444 g/mol. The minimum absolute atomic E-state index is 0.000843. The van der Waals surface area contributed by atoms with E-state index in [1.54, 1.807) is 0 Å². The van der Waals surface area contributed by atoms with Crippen LogP contribution in [0.5, 0.6) is 17.2 Å². The second-order valence-corrected chi connectivity index (χ2v) is 6.49. The highest BCUT2D eigenvalue weighted by Crippen LogP contribution is 2.39. The lowest BCUT2D eigenvalue weighted by molar-refractivity contribution is -0.132. The Morgan fingerprint density at radius 3 is 2.31 bits per heavy atom. The zero-order chi connectivity index (χ0) is 23.4. The second kappa shape index (κ2) is 9.25. The largest absolute Gasteiger partial charge is 0.493 e. The number of methoxy groups -OCH3 is 3. The Morgan fingerprint density at radius 2 is 1.75 bits per heavy atom. The molecule has 0 spiro atoms. The van der Waals surface area contributed by atoms with Crippen LogP contribution >= 0.6 is 0 Å². The molecule has 2 aromatic rings. The number of hydrogen-bond donors (Lipinski definition) is 1. The van der Waals surface area contributed by atoms with Crippen molar-refractivity contribution in [1.29, 1.82) is 0 Å². The van der Waals surface area contributed by atoms with Crippen molar-refractivity contribution < 1.29 is 42.5 Å². The Balaban J connectivity index is 1.86. The molecule has 0 atom stereocenters. The third kappa shape index (κ3) is 4.56. The van der Waals surface area contributed by atoms with Crippen LogP contribution in [0.2, 0.25) is 0 Å². The summed E-state index contributed by atoms with van der Waals surface area (Å²) in [5, 5.41) is 2.48. The normalized spacial score (nSPS) is 14.4. The summed E-state index contributed by atoms with van der Waals surface area (Å²) in [5.74, 6) is -1.16. The first-order valence-electron chi connectivity index (χ1n) is 9.23. The van der Waals surface area contributed by atoms with Gasteiger partial charge in [0, 0.05) is 6.92 Å². The number of nitrogens with one attached hydrogen (secondary N) is 1. The van der Waals surface area contributed by atoms with Gasteiger partial charge in [-0.3, -0.25) is 14.5 Å². The lowest BCUT2D eigenvalue weighted by atomic mass is 10.1. The van der Waals surface area contributed by atoms with E-state index in [2.05, 4.69) is 10.1 Å². The van der Waals surface area contributed by atoms with E-state index in [9.17, 15) is 19.2 Å². The molecule has 168 valence electrons. The molecule has 3 amide bonds. The standard InChI is InChI=1S/C21H20N2O9/c1-11(24)31-18-16(28-2)8-12(9-17(18)29-3)7-14-19(25)23(21(27)22-14)10-13-5-6-15(32-13)20(26)30-4/h5-9H,10H2,1-4H3,(H,22,27). The first kappa shape index (κ1) is 22.4. The van der Waals surface area contributed by atoms with Gasteiger partial charge in [-0.15, -0.1) is 0 Å². The first-order valence-corrected chi connectivity index (χ1v) is 9.23. The quantitative estimate of drug-likeness (QED) is 0.295. The van der Waals surface area contributed by atoms with Gasteiger partial charge in [0.25, 0.3) is 5.91 Å². The number of benzene rings is 1. The number of imide groups is 1. The molecule has 1 aliphatic heterocycles. The van der Waals surface area contributed by atoms with E-state index in [-0.39, 0.29) is 41.0 Å². The van der Waals surface area contributed by atoms with Crippen LogP contribution in [0.1, 0.15) is 28.8 Å². The summed E-state index contributed by atoms with van der Waals surface area (Å²) >= 11 is 0. The van der Waals surface area contributed by atoms with Crippen LogP contribution in [0.4, 0.5) is 4.79 Å². The van der Waals surface area contributed by atoms with Crippen molar-refractivity contribution in [2.45, 2.75) is 13.5 Å². The average molecular weight is 444 g/mol. The molecule has 0 radical (unpaired) electrons. The highest BCUT2D eigenvalue weighted by atomic mass is 16.6. The molecule has 1 N–H and O–H groups in total. The number of carbonyl (C=O) groups excluding carboxylic acids is 4. The van der Waals surface area contributed by atoms with Crippen molar-refractivity contribution in [3.8, 4) is 17.2 Å². The van der Waals surface area contributed by atoms with Crippen molar-refractivity contribution in [2.75, 3.05) is 21.3 Å². The maximum absolute atomic E-state index is 12.8. The van der Waals surface area contributed by atoms with E-state index in [0.29, 0.717) is 5.56 Å². The third-order valence-corrected chi connectivity index (χ3v) is 4.36. The highest BCUT2D eigenvalue weighted by Gasteiger charge is 2.34. The molecule has 3 rings (SSSR count). The molecule has 1 aliphatic rings. The summed E-state index contributed by atoms with van der Waals surface area (Å²) in [4.78, 5) is 48.9. The molecule has 2 heterocycles. The van der Waals surface area contributed by atoms with Crippen LogP contribution in [0.25, 0.3) is 6.08 Å². The van der Waals surface area contributed by atoms with Gasteiger partial charge < -0.3 is 28.7 Å². The van der Waals surface area contributed by atoms with Gasteiger partial charge in [0.2, 0.25) is 11.5 Å². The van der Waals surface area contributed by atoms with E-state index in [1.165, 1.54) is 58.6 Å². The van der Waals surface area contributed by atoms with E-state index >= 15 is 0 Å². The molecule has 1 saturated heterocycles. The number of ether oxygens (including phenoxy) is 4. The fourth-order valence-electron chi connectivity index (χ4n) is 2.94. The molecule has 1 aromatic carbocycles. The minimum atomic E-state index is -0.672. The Labute approximate surface area is 182 Å². The van der Waals surface area contributed by atoms with Crippen molar-refractivity contribution in [3.63, 3.8) is 0 Å². The Hall–Kier alpha value is -4.28. The maximum Gasteiger partial charge on any atom is 0.373 e. The van der Waals surface area contributed by atoms with Gasteiger partial charge in [-0.2, -0.15) is 0 Å². The number of hydrogen-bond acceptors (Lipinski definition) is 9. The number of rotatable bonds is 7. The summed E-state index contributed by atoms with van der Waals surface area (Å²) in [5.41, 5.74) is 0.449. The lowest BCUT2D eigenvalue weighted by Crippen LogP contribution is -2.30. The van der Waals surface area contributed by atoms with Gasteiger partial charge in [0.15, 0.2) is 11.5 Å². The molecule has 1 aromatic heterocycles. The van der Waals surface area contributed by atoms with Gasteiger partial charge in [-0.25, -0.2) is 9.59 Å². The van der Waals surface area contributed by atoms with Crippen molar-refractivity contribution in [3.05, 3.63) is 47.0 Å². The Kier molecular flexibility index (Phi) is 6.47. The van der Waals surface area contributed by atoms with E-state index in [0.717, 1.165) is 4.90 Å². The van der Waals surface area contributed by atoms with E-state index < -0.39 is 23.9 Å². The summed E-state index contributed by atoms with van der Waals surface area (Å²) in [6.45, 7) is 1.06. The highest BCUT2D eigenvalue weighted by molar-refractivity contribution is 6.13. The molecular formula is C21H20N2O9. The summed E-state index contributed by atoms with van der Waals surface area (Å²) in [7, 11) is 3.98. The third-order valence-electron chi connectivity index (χ3n) is 4.36. The van der Waals surface area contributed by atoms with Crippen LogP contribution < -0.4 is 19.5 Å². The number of esters is 2. The van der Waals surface area contributed by atoms with Crippen LogP contribution in [0.15, 0.2) is 34.4 Å². The Morgan fingerprint density at radius 1 is 1.09 bits per heavy atom. The zero-order valence-corrected chi connectivity index (χ0v) is 17.7. The predicted octanol–water partition coefficient (Wildman–Crippen LogP) is 2.10. The van der Waals surface area contributed by atoms with Crippen LogP contribution in [0, 0.1) is 0 Å². The minimum Gasteiger partial charge on any atom is -0.493 e. The average Bonchev–Trinajstić information content (AvgIpc) is 3.34. The number of amides is 3. The SMILES string of the molecule is COC(=O)c1ccc(CN2C(=O)NC(=Cc3cc(OC)c(OC(C)=O)c(OC)c3)C2=O)o1. The van der Waals surface area contributed by atoms with Crippen LogP contribution in [-0.2, 0) is 20.9 Å². The summed E-state index contributed by atoms with van der Waals surface area (Å²) in [6.07, 6.45) is 1.42. The second-order valence-electron chi connectivity index (χ2n) is 6.49. The molecule has 32 heavy (non-hydrogen) atoms. The number of furan rings is 1. The zero-order valence-electron chi connectivity index (χ0n) is 17.7. The summed E-state index contributed by atoms with van der Waals surface area (Å²) in [6, 6.07) is 5.24. The fraction of sp³-hybridized carbons (Fsp3) is 0.238. The first-order chi connectivity index (χ1) is 15.3. The predicted molar refractivity (Wildman–Crippen MR) is 108 cm³/mol. The molecular weight excluding hydrogens is 424 g/mol. The lowest BCUT2D eigenvalue weighted by Gasteiger charge is -2.13. The molecule has 0 bridgehead atoms. The van der Waals surface area contributed by atoms with E-state index in [4.69, 9.17) is 18.6 Å². The van der Waals surface area contributed by atoms with Crippen molar-refractivity contribution in [1.82, 2.24) is 10.2 Å². The van der Waals surface area contributed by atoms with Crippen molar-refractivity contribution >= 4 is 30.0 Å². The topological polar surface area (TPSA) is 134 Å². The van der Waals surface area contributed by atoms with Gasteiger partial charge in [0.1, 0.15) is 11.5 Å². The van der Waals surface area contributed by atoms with Gasteiger partial charge in [-0.05, 0) is 35.9 Å². The van der Waals surface area contributed by atoms with Gasteiger partial charge >= 0.3 is 18.0 Å². The molecule has 0 saturated carbocycles. The van der Waals surface area contributed by atoms with Crippen LogP contribution in [0.3, 0.4) is 0 Å².